The lowest BCUT2D eigenvalue weighted by atomic mass is 9.86. The van der Waals surface area contributed by atoms with E-state index in [-0.39, 0.29) is 5.66 Å². The Morgan fingerprint density at radius 2 is 2.03 bits per heavy atom. The monoisotopic (exact) mass is 478 g/mol. The number of nitrogens with zero attached hydrogens (tertiary/aromatic N) is 3. The van der Waals surface area contributed by atoms with E-state index in [1.807, 2.05) is 6.07 Å². The van der Waals surface area contributed by atoms with Gasteiger partial charge in [0.25, 0.3) is 0 Å². The zero-order chi connectivity index (χ0) is 23.7. The third-order valence-corrected chi connectivity index (χ3v) is 8.17. The van der Waals surface area contributed by atoms with Gasteiger partial charge < -0.3 is 19.6 Å². The van der Waals surface area contributed by atoms with Crippen LogP contribution in [0.15, 0.2) is 54.0 Å². The molecule has 3 fully saturated rings. The van der Waals surface area contributed by atoms with Gasteiger partial charge in [0.05, 0.1) is 13.7 Å². The van der Waals surface area contributed by atoms with E-state index in [2.05, 4.69) is 56.7 Å². The fourth-order valence-electron chi connectivity index (χ4n) is 6.21. The molecule has 0 aromatic heterocycles. The number of hydrogen-bond donors (Lipinski definition) is 1. The predicted octanol–water partition coefficient (Wildman–Crippen LogP) is 3.66. The van der Waals surface area contributed by atoms with Crippen LogP contribution in [-0.4, -0.2) is 73.5 Å². The molecule has 35 heavy (non-hydrogen) atoms. The molecule has 4 heterocycles. The molecule has 4 aliphatic heterocycles. The summed E-state index contributed by atoms with van der Waals surface area (Å²) in [6, 6.07) is 6.37. The smallest absolute Gasteiger partial charge is 0.160 e. The minimum atomic E-state index is -0.126. The Hall–Kier alpha value is -2.48. The third kappa shape index (κ3) is 4.69. The topological polar surface area (TPSA) is 49.4 Å². The molecule has 1 aromatic rings. The Kier molecular flexibility index (Phi) is 6.48. The fourth-order valence-corrected chi connectivity index (χ4v) is 6.21. The van der Waals surface area contributed by atoms with Gasteiger partial charge in [-0.05, 0) is 69.0 Å². The quantitative estimate of drug-likeness (QED) is 0.642. The lowest BCUT2D eigenvalue weighted by molar-refractivity contribution is -0.223. The van der Waals surface area contributed by atoms with Crippen molar-refractivity contribution < 1.29 is 14.3 Å². The van der Waals surface area contributed by atoms with Gasteiger partial charge in [0.1, 0.15) is 17.2 Å². The lowest BCUT2D eigenvalue weighted by Crippen LogP contribution is -2.70. The molecule has 188 valence electrons. The number of hydrogen-bond acceptors (Lipinski definition) is 7. The molecular formula is C28H38N4O3. The van der Waals surface area contributed by atoms with Crippen LogP contribution in [0.25, 0.3) is 0 Å². The largest absolute Gasteiger partial charge is 0.497 e. The van der Waals surface area contributed by atoms with Crippen LogP contribution in [0.5, 0.6) is 11.5 Å². The highest BCUT2D eigenvalue weighted by Gasteiger charge is 2.50. The first kappa shape index (κ1) is 23.0. The van der Waals surface area contributed by atoms with Crippen molar-refractivity contribution >= 4 is 0 Å². The molecular weight excluding hydrogens is 440 g/mol. The number of allylic oxidation sites excluding steroid dienone is 4. The molecule has 0 unspecified atom stereocenters. The lowest BCUT2D eigenvalue weighted by Gasteiger charge is -2.54. The van der Waals surface area contributed by atoms with Gasteiger partial charge in [-0.15, -0.1) is 0 Å². The second-order valence-electron chi connectivity index (χ2n) is 10.6. The number of likely N-dealkylation sites (tertiary alicyclic amines) is 1. The highest BCUT2D eigenvalue weighted by atomic mass is 16.7. The van der Waals surface area contributed by atoms with E-state index in [1.165, 1.54) is 37.1 Å². The Balaban J connectivity index is 1.11. The Morgan fingerprint density at radius 3 is 2.89 bits per heavy atom. The number of fused-ring (bicyclic) bond motifs is 2. The maximum absolute atomic E-state index is 6.39. The molecule has 3 saturated heterocycles. The van der Waals surface area contributed by atoms with Gasteiger partial charge >= 0.3 is 0 Å². The molecule has 0 amide bonds. The van der Waals surface area contributed by atoms with Crippen LogP contribution in [0.3, 0.4) is 0 Å². The van der Waals surface area contributed by atoms with Crippen molar-refractivity contribution in [2.24, 2.45) is 5.92 Å². The van der Waals surface area contributed by atoms with Gasteiger partial charge in [-0.3, -0.25) is 9.80 Å². The van der Waals surface area contributed by atoms with Crippen molar-refractivity contribution in [1.29, 1.82) is 0 Å². The second kappa shape index (κ2) is 9.88. The summed E-state index contributed by atoms with van der Waals surface area (Å²) in [5, 5.41) is 5.76. The van der Waals surface area contributed by atoms with Crippen LogP contribution in [-0.2, 0) is 11.4 Å². The zero-order valence-corrected chi connectivity index (χ0v) is 20.9. The predicted molar refractivity (Wildman–Crippen MR) is 136 cm³/mol. The van der Waals surface area contributed by atoms with Crippen LogP contribution in [0.4, 0.5) is 0 Å². The van der Waals surface area contributed by atoms with Gasteiger partial charge in [-0.2, -0.15) is 5.06 Å². The van der Waals surface area contributed by atoms with Gasteiger partial charge in [-0.25, -0.2) is 0 Å². The summed E-state index contributed by atoms with van der Waals surface area (Å²) in [7, 11) is 1.74. The Morgan fingerprint density at radius 1 is 1.14 bits per heavy atom. The molecule has 1 aliphatic carbocycles. The van der Waals surface area contributed by atoms with Crippen LogP contribution in [0, 0.1) is 5.92 Å². The van der Waals surface area contributed by atoms with Gasteiger partial charge in [-0.1, -0.05) is 12.2 Å². The maximum Gasteiger partial charge on any atom is 0.160 e. The van der Waals surface area contributed by atoms with E-state index in [9.17, 15) is 0 Å². The Labute approximate surface area is 208 Å². The van der Waals surface area contributed by atoms with Crippen LogP contribution >= 0.6 is 0 Å². The van der Waals surface area contributed by atoms with Gasteiger partial charge in [0, 0.05) is 56.5 Å². The summed E-state index contributed by atoms with van der Waals surface area (Å²) >= 11 is 0. The summed E-state index contributed by atoms with van der Waals surface area (Å²) < 4.78 is 12.0. The van der Waals surface area contributed by atoms with Gasteiger partial charge in [0.2, 0.25) is 0 Å². The number of nitrogens with one attached hydrogen (secondary N) is 1. The molecule has 1 aromatic carbocycles. The molecule has 7 heteroatoms. The van der Waals surface area contributed by atoms with E-state index in [1.54, 1.807) is 7.11 Å². The number of methoxy groups -OCH3 is 1. The molecule has 0 bridgehead atoms. The number of hydroxylamine groups is 2. The molecule has 7 nitrogen and oxygen atoms in total. The summed E-state index contributed by atoms with van der Waals surface area (Å²) in [6.45, 7) is 8.05. The van der Waals surface area contributed by atoms with Gasteiger partial charge in [0.15, 0.2) is 5.76 Å². The first-order valence-electron chi connectivity index (χ1n) is 13.3. The van der Waals surface area contributed by atoms with Crippen molar-refractivity contribution in [3.63, 3.8) is 0 Å². The van der Waals surface area contributed by atoms with E-state index in [0.29, 0.717) is 5.92 Å². The highest BCUT2D eigenvalue weighted by Crippen LogP contribution is 2.41. The third-order valence-electron chi connectivity index (χ3n) is 8.17. The first-order chi connectivity index (χ1) is 17.2. The molecule has 6 rings (SSSR count). The number of rotatable bonds is 7. The highest BCUT2D eigenvalue weighted by molar-refractivity contribution is 5.39. The van der Waals surface area contributed by atoms with Crippen molar-refractivity contribution in [2.75, 3.05) is 53.0 Å². The normalized spacial score (nSPS) is 28.7. The molecule has 0 radical (unpaired) electrons. The number of ether oxygens (including phenoxy) is 2. The van der Waals surface area contributed by atoms with Crippen molar-refractivity contribution in [3.05, 3.63) is 59.5 Å². The first-order valence-corrected chi connectivity index (χ1v) is 13.3. The van der Waals surface area contributed by atoms with Crippen molar-refractivity contribution in [2.45, 2.75) is 44.3 Å². The van der Waals surface area contributed by atoms with Crippen LogP contribution in [0.2, 0.25) is 0 Å². The van der Waals surface area contributed by atoms with E-state index in [0.717, 1.165) is 75.9 Å². The minimum Gasteiger partial charge on any atom is -0.497 e. The van der Waals surface area contributed by atoms with Crippen LogP contribution < -0.4 is 14.8 Å². The number of benzene rings is 1. The summed E-state index contributed by atoms with van der Waals surface area (Å²) in [6.07, 6.45) is 14.3. The summed E-state index contributed by atoms with van der Waals surface area (Å²) in [4.78, 5) is 11.5. The standard InChI is InChI=1S/C28H38N4O3/c1-33-25-14-23(17-30-11-4-5-12-30)15-26(16-25)34-20-22-8-9-28(21-29-10-13-31(28)18-22)32-19-24-6-2-3-7-27(24)35-32/h2-3,7,14-16,19,22,29H,4-6,8-13,17-18,20-21H2,1H3/t22-,28-/m0/s1. The summed E-state index contributed by atoms with van der Waals surface area (Å²) in [5.41, 5.74) is 2.43. The SMILES string of the molecule is COc1cc(CN2CCCC2)cc(OC[C@H]2CC[C@]3(N4C=C5CC=CC=C5O4)CNCCN3C2)c1. The molecule has 5 aliphatic rings. The Bertz CT molecular complexity index is 1020. The second-order valence-corrected chi connectivity index (χ2v) is 10.6. The van der Waals surface area contributed by atoms with E-state index < -0.39 is 0 Å². The van der Waals surface area contributed by atoms with Crippen molar-refractivity contribution in [3.8, 4) is 11.5 Å². The van der Waals surface area contributed by atoms with E-state index >= 15 is 0 Å². The summed E-state index contributed by atoms with van der Waals surface area (Å²) in [5.74, 6) is 3.30. The minimum absolute atomic E-state index is 0.126. The average molecular weight is 479 g/mol. The van der Waals surface area contributed by atoms with Crippen LogP contribution in [0.1, 0.15) is 37.7 Å². The number of piperazine rings is 1. The van der Waals surface area contributed by atoms with Crippen molar-refractivity contribution in [1.82, 2.24) is 20.2 Å². The fraction of sp³-hybridized carbons (Fsp3) is 0.571. The molecule has 0 saturated carbocycles. The van der Waals surface area contributed by atoms with E-state index in [4.69, 9.17) is 14.3 Å². The average Bonchev–Trinajstić information content (AvgIpc) is 3.57. The number of piperidine rings is 1. The molecule has 0 spiro atoms. The maximum atomic E-state index is 6.39. The zero-order valence-electron chi connectivity index (χ0n) is 20.9. The molecule has 2 atom stereocenters. The molecule has 1 N–H and O–H groups in total.